The highest BCUT2D eigenvalue weighted by Gasteiger charge is 2.31. The third kappa shape index (κ3) is 4.85. The number of nitrogens with zero attached hydrogens (tertiary/aromatic N) is 2. The number of nitrogens with two attached hydrogens (primary N) is 1. The van der Waals surface area contributed by atoms with Gasteiger partial charge in [-0.1, -0.05) is 0 Å². The number of hydrogen-bond donors (Lipinski definition) is 3. The lowest BCUT2D eigenvalue weighted by Crippen LogP contribution is -2.35. The number of nitrogens with one attached hydrogen (secondary N) is 1. The lowest BCUT2D eigenvalue weighted by Gasteiger charge is -2.32. The number of anilines is 3. The summed E-state index contributed by atoms with van der Waals surface area (Å²) in [4.78, 5) is 18.0. The summed E-state index contributed by atoms with van der Waals surface area (Å²) in [6.07, 6.45) is -1.74. The minimum atomic E-state index is -4.40. The normalized spacial score (nSPS) is 15.5. The fourth-order valence-corrected chi connectivity index (χ4v) is 3.20. The van der Waals surface area contributed by atoms with Crippen molar-refractivity contribution >= 4 is 23.1 Å². The number of aromatic hydroxyl groups is 1. The number of amides is 1. The van der Waals surface area contributed by atoms with Gasteiger partial charge in [0.25, 0.3) is 0 Å². The van der Waals surface area contributed by atoms with Crippen LogP contribution in [0, 0.1) is 5.92 Å². The summed E-state index contributed by atoms with van der Waals surface area (Å²) < 4.78 is 37.9. The van der Waals surface area contributed by atoms with Crippen LogP contribution in [0.15, 0.2) is 36.5 Å². The summed E-state index contributed by atoms with van der Waals surface area (Å²) in [5, 5.41) is 12.3. The predicted molar refractivity (Wildman–Crippen MR) is 99.9 cm³/mol. The zero-order valence-corrected chi connectivity index (χ0v) is 15.0. The average Bonchev–Trinajstić information content (AvgIpc) is 2.65. The second-order valence-corrected chi connectivity index (χ2v) is 6.86. The number of phenols is 1. The van der Waals surface area contributed by atoms with Crippen LogP contribution in [0.4, 0.5) is 30.4 Å². The van der Waals surface area contributed by atoms with E-state index >= 15 is 0 Å². The first-order valence-corrected chi connectivity index (χ1v) is 8.89. The van der Waals surface area contributed by atoms with Gasteiger partial charge in [-0.05, 0) is 43.0 Å². The van der Waals surface area contributed by atoms with Gasteiger partial charge in [0, 0.05) is 37.5 Å². The maximum absolute atomic E-state index is 12.6. The third-order valence-electron chi connectivity index (χ3n) is 4.80. The molecule has 1 aliphatic heterocycles. The molecule has 1 aromatic heterocycles. The molecule has 2 aromatic rings. The average molecular weight is 394 g/mol. The molecular weight excluding hydrogens is 373 g/mol. The van der Waals surface area contributed by atoms with Crippen LogP contribution >= 0.6 is 0 Å². The number of benzene rings is 1. The van der Waals surface area contributed by atoms with Crippen molar-refractivity contribution in [2.75, 3.05) is 29.0 Å². The van der Waals surface area contributed by atoms with Crippen LogP contribution < -0.4 is 16.0 Å². The van der Waals surface area contributed by atoms with Crippen molar-refractivity contribution in [2.24, 2.45) is 5.92 Å². The van der Waals surface area contributed by atoms with Crippen molar-refractivity contribution in [3.63, 3.8) is 0 Å². The first-order valence-electron chi connectivity index (χ1n) is 8.89. The number of alkyl halides is 3. The summed E-state index contributed by atoms with van der Waals surface area (Å²) in [6.45, 7) is 1.25. The molecule has 1 saturated heterocycles. The molecule has 0 radical (unpaired) electrons. The Morgan fingerprint density at radius 1 is 1.25 bits per heavy atom. The Kier molecular flexibility index (Phi) is 5.62. The third-order valence-corrected chi connectivity index (χ3v) is 4.80. The second kappa shape index (κ2) is 7.95. The largest absolute Gasteiger partial charge is 0.506 e. The van der Waals surface area contributed by atoms with E-state index in [1.54, 1.807) is 6.07 Å². The molecule has 3 rings (SSSR count). The molecule has 6 nitrogen and oxygen atoms in total. The van der Waals surface area contributed by atoms with E-state index in [1.807, 2.05) is 4.90 Å². The van der Waals surface area contributed by atoms with Gasteiger partial charge in [-0.25, -0.2) is 4.98 Å². The number of hydrogen-bond acceptors (Lipinski definition) is 5. The molecule has 9 heteroatoms. The summed E-state index contributed by atoms with van der Waals surface area (Å²) in [5.74, 6) is 0.437. The molecule has 1 aromatic carbocycles. The molecule has 0 atom stereocenters. The highest BCUT2D eigenvalue weighted by atomic mass is 19.4. The number of rotatable bonds is 4. The number of halogens is 3. The van der Waals surface area contributed by atoms with E-state index in [4.69, 9.17) is 5.73 Å². The fraction of sp³-hybridized carbons (Fsp3) is 0.368. The van der Waals surface area contributed by atoms with Crippen LogP contribution in [0.25, 0.3) is 0 Å². The standard InChI is InChI=1S/C19H21F3N4O2/c20-19(21,22)13-1-4-17(24-11-13)26-7-5-12(6-8-26)9-18(28)25-14-2-3-15(23)16(27)10-14/h1-4,10-12,27H,5-9,23H2,(H,25,28). The number of pyridine rings is 1. The summed E-state index contributed by atoms with van der Waals surface area (Å²) in [6, 6.07) is 6.94. The van der Waals surface area contributed by atoms with E-state index < -0.39 is 11.7 Å². The van der Waals surface area contributed by atoms with E-state index in [9.17, 15) is 23.1 Å². The van der Waals surface area contributed by atoms with Crippen LogP contribution in [-0.4, -0.2) is 29.1 Å². The Morgan fingerprint density at radius 3 is 2.54 bits per heavy atom. The van der Waals surface area contributed by atoms with E-state index in [0.717, 1.165) is 25.1 Å². The van der Waals surface area contributed by atoms with Gasteiger partial charge in [-0.15, -0.1) is 0 Å². The molecule has 0 spiro atoms. The Labute approximate surface area is 160 Å². The summed E-state index contributed by atoms with van der Waals surface area (Å²) in [7, 11) is 0. The van der Waals surface area contributed by atoms with Crippen molar-refractivity contribution in [1.82, 2.24) is 4.98 Å². The molecule has 28 heavy (non-hydrogen) atoms. The molecule has 0 saturated carbocycles. The van der Waals surface area contributed by atoms with Gasteiger partial charge >= 0.3 is 6.18 Å². The second-order valence-electron chi connectivity index (χ2n) is 6.86. The van der Waals surface area contributed by atoms with Crippen molar-refractivity contribution in [2.45, 2.75) is 25.4 Å². The first-order chi connectivity index (χ1) is 13.2. The Morgan fingerprint density at radius 2 is 1.96 bits per heavy atom. The summed E-state index contributed by atoms with van der Waals surface area (Å²) >= 11 is 0. The number of phenolic OH excluding ortho intramolecular Hbond substituents is 1. The maximum Gasteiger partial charge on any atom is 0.417 e. The molecule has 4 N–H and O–H groups in total. The number of carbonyl (C=O) groups excluding carboxylic acids is 1. The molecular formula is C19H21F3N4O2. The monoisotopic (exact) mass is 394 g/mol. The molecule has 1 amide bonds. The van der Waals surface area contributed by atoms with Crippen molar-refractivity contribution in [3.8, 4) is 5.75 Å². The Hall–Kier alpha value is -2.97. The number of aromatic nitrogens is 1. The minimum absolute atomic E-state index is 0.0878. The van der Waals surface area contributed by atoms with Crippen LogP contribution in [0.1, 0.15) is 24.8 Å². The molecule has 0 aliphatic carbocycles. The van der Waals surface area contributed by atoms with Crippen molar-refractivity contribution in [1.29, 1.82) is 0 Å². The van der Waals surface area contributed by atoms with E-state index in [-0.39, 0.29) is 23.3 Å². The zero-order chi connectivity index (χ0) is 20.3. The molecule has 1 aliphatic rings. The molecule has 1 fully saturated rings. The smallest absolute Gasteiger partial charge is 0.417 e. The molecule has 0 unspecified atom stereocenters. The van der Waals surface area contributed by atoms with Crippen LogP contribution in [-0.2, 0) is 11.0 Å². The topological polar surface area (TPSA) is 91.5 Å². The zero-order valence-electron chi connectivity index (χ0n) is 15.0. The number of piperidine rings is 1. The fourth-order valence-electron chi connectivity index (χ4n) is 3.20. The van der Waals surface area contributed by atoms with Crippen LogP contribution in [0.2, 0.25) is 0 Å². The lowest BCUT2D eigenvalue weighted by atomic mass is 9.93. The van der Waals surface area contributed by atoms with Gasteiger partial charge in [-0.3, -0.25) is 4.79 Å². The maximum atomic E-state index is 12.6. The Balaban J connectivity index is 1.49. The van der Waals surface area contributed by atoms with E-state index in [1.165, 1.54) is 18.2 Å². The molecule has 150 valence electrons. The van der Waals surface area contributed by atoms with E-state index in [2.05, 4.69) is 10.3 Å². The minimum Gasteiger partial charge on any atom is -0.506 e. The SMILES string of the molecule is Nc1ccc(NC(=O)CC2CCN(c3ccc(C(F)(F)F)cn3)CC2)cc1O. The van der Waals surface area contributed by atoms with Gasteiger partial charge in [-0.2, -0.15) is 13.2 Å². The van der Waals surface area contributed by atoms with Crippen LogP contribution in [0.5, 0.6) is 5.75 Å². The van der Waals surface area contributed by atoms with Gasteiger partial charge < -0.3 is 21.1 Å². The summed E-state index contributed by atoms with van der Waals surface area (Å²) in [5.41, 5.74) is 5.48. The number of carbonyl (C=O) groups is 1. The van der Waals surface area contributed by atoms with Gasteiger partial charge in [0.05, 0.1) is 11.3 Å². The van der Waals surface area contributed by atoms with Crippen molar-refractivity contribution in [3.05, 3.63) is 42.1 Å². The molecule has 0 bridgehead atoms. The lowest BCUT2D eigenvalue weighted by molar-refractivity contribution is -0.137. The highest BCUT2D eigenvalue weighted by molar-refractivity contribution is 5.91. The number of nitrogen functional groups attached to an aromatic ring is 1. The quantitative estimate of drug-likeness (QED) is 0.544. The first kappa shape index (κ1) is 19.8. The van der Waals surface area contributed by atoms with Gasteiger partial charge in [0.2, 0.25) is 5.91 Å². The van der Waals surface area contributed by atoms with Crippen molar-refractivity contribution < 1.29 is 23.1 Å². The van der Waals surface area contributed by atoms with E-state index in [0.29, 0.717) is 31.0 Å². The Bertz CT molecular complexity index is 832. The van der Waals surface area contributed by atoms with Crippen LogP contribution in [0.3, 0.4) is 0 Å². The van der Waals surface area contributed by atoms with Gasteiger partial charge in [0.1, 0.15) is 11.6 Å². The predicted octanol–water partition coefficient (Wildman–Crippen LogP) is 3.63. The van der Waals surface area contributed by atoms with Gasteiger partial charge in [0.15, 0.2) is 0 Å². The highest BCUT2D eigenvalue weighted by Crippen LogP contribution is 2.31. The molecule has 2 heterocycles.